The second-order valence-electron chi connectivity index (χ2n) is 5.04. The number of carbonyl (C=O) groups excluding carboxylic acids is 1. The van der Waals surface area contributed by atoms with Crippen LogP contribution in [-0.2, 0) is 4.79 Å². The summed E-state index contributed by atoms with van der Waals surface area (Å²) in [4.78, 5) is 11.9. The van der Waals surface area contributed by atoms with Crippen LogP contribution in [0.25, 0.3) is 0 Å². The maximum absolute atomic E-state index is 11.9. The molecule has 0 aliphatic heterocycles. The first-order valence-electron chi connectivity index (χ1n) is 6.72. The van der Waals surface area contributed by atoms with Crippen LogP contribution in [0.1, 0.15) is 16.7 Å². The highest BCUT2D eigenvalue weighted by atomic mass is 127. The number of rotatable bonds is 4. The maximum Gasteiger partial charge on any atom is 0.262 e. The molecule has 1 N–H and O–H groups in total. The third-order valence-corrected chi connectivity index (χ3v) is 3.98. The van der Waals surface area contributed by atoms with Crippen LogP contribution in [-0.4, -0.2) is 12.5 Å². The predicted octanol–water partition coefficient (Wildman–Crippen LogP) is 4.23. The van der Waals surface area contributed by atoms with Crippen molar-refractivity contribution in [3.05, 3.63) is 56.7 Å². The number of halogens is 1. The fourth-order valence-electron chi connectivity index (χ4n) is 1.91. The fourth-order valence-corrected chi connectivity index (χ4v) is 2.55. The number of benzene rings is 2. The molecular formula is C17H18INO2. The van der Waals surface area contributed by atoms with Gasteiger partial charge in [0.1, 0.15) is 5.75 Å². The number of amides is 1. The molecule has 2 rings (SSSR count). The minimum absolute atomic E-state index is 0.00786. The van der Waals surface area contributed by atoms with Gasteiger partial charge in [-0.1, -0.05) is 6.07 Å². The van der Waals surface area contributed by atoms with Crippen molar-refractivity contribution in [2.45, 2.75) is 20.8 Å². The van der Waals surface area contributed by atoms with Crippen molar-refractivity contribution < 1.29 is 9.53 Å². The molecule has 0 atom stereocenters. The van der Waals surface area contributed by atoms with Gasteiger partial charge in [0.25, 0.3) is 5.91 Å². The summed E-state index contributed by atoms with van der Waals surface area (Å²) in [5.41, 5.74) is 4.23. The molecule has 1 amide bonds. The number of anilines is 1. The van der Waals surface area contributed by atoms with E-state index in [-0.39, 0.29) is 12.5 Å². The van der Waals surface area contributed by atoms with Crippen LogP contribution in [0, 0.1) is 24.3 Å². The normalized spacial score (nSPS) is 10.3. The molecule has 0 fully saturated rings. The van der Waals surface area contributed by atoms with Gasteiger partial charge >= 0.3 is 0 Å². The van der Waals surface area contributed by atoms with Crippen molar-refractivity contribution in [1.82, 2.24) is 0 Å². The quantitative estimate of drug-likeness (QED) is 0.787. The van der Waals surface area contributed by atoms with Crippen LogP contribution in [0.2, 0.25) is 0 Å². The van der Waals surface area contributed by atoms with Gasteiger partial charge in [0.2, 0.25) is 0 Å². The molecule has 2 aromatic carbocycles. The summed E-state index contributed by atoms with van der Waals surface area (Å²) in [6.45, 7) is 6.05. The van der Waals surface area contributed by atoms with Gasteiger partial charge in [0.05, 0.1) is 0 Å². The molecule has 110 valence electrons. The number of hydrogen-bond acceptors (Lipinski definition) is 2. The SMILES string of the molecule is Cc1ccc(OCC(=O)Nc2ccc(I)cc2C)cc1C. The highest BCUT2D eigenvalue weighted by Crippen LogP contribution is 2.18. The standard InChI is InChI=1S/C17H18INO2/c1-11-4-6-15(9-12(11)2)21-10-17(20)19-16-7-5-14(18)8-13(16)3/h4-9H,10H2,1-3H3,(H,19,20). The Morgan fingerprint density at radius 3 is 2.48 bits per heavy atom. The molecule has 0 saturated carbocycles. The zero-order valence-electron chi connectivity index (χ0n) is 12.4. The monoisotopic (exact) mass is 395 g/mol. The van der Waals surface area contributed by atoms with E-state index in [1.807, 2.05) is 57.2 Å². The molecule has 0 bridgehead atoms. The number of aryl methyl sites for hydroxylation is 3. The van der Waals surface area contributed by atoms with Crippen LogP contribution in [0.5, 0.6) is 5.75 Å². The highest BCUT2D eigenvalue weighted by Gasteiger charge is 2.06. The summed E-state index contributed by atoms with van der Waals surface area (Å²) in [5, 5.41) is 2.87. The average Bonchev–Trinajstić information content (AvgIpc) is 2.43. The Morgan fingerprint density at radius 2 is 1.81 bits per heavy atom. The van der Waals surface area contributed by atoms with E-state index >= 15 is 0 Å². The molecule has 3 nitrogen and oxygen atoms in total. The summed E-state index contributed by atoms with van der Waals surface area (Å²) >= 11 is 2.25. The van der Waals surface area contributed by atoms with Gasteiger partial charge in [0.15, 0.2) is 6.61 Å². The maximum atomic E-state index is 11.9. The molecule has 0 heterocycles. The highest BCUT2D eigenvalue weighted by molar-refractivity contribution is 14.1. The molecule has 0 aliphatic rings. The van der Waals surface area contributed by atoms with Crippen LogP contribution in [0.4, 0.5) is 5.69 Å². The van der Waals surface area contributed by atoms with Gasteiger partial charge in [-0.05, 0) is 90.4 Å². The second kappa shape index (κ2) is 6.93. The van der Waals surface area contributed by atoms with Crippen LogP contribution in [0.3, 0.4) is 0 Å². The van der Waals surface area contributed by atoms with Crippen LogP contribution >= 0.6 is 22.6 Å². The zero-order chi connectivity index (χ0) is 15.4. The lowest BCUT2D eigenvalue weighted by Crippen LogP contribution is -2.20. The largest absolute Gasteiger partial charge is 0.484 e. The van der Waals surface area contributed by atoms with Gasteiger partial charge < -0.3 is 10.1 Å². The van der Waals surface area contributed by atoms with Crippen molar-refractivity contribution in [2.24, 2.45) is 0 Å². The first-order valence-corrected chi connectivity index (χ1v) is 7.79. The molecule has 4 heteroatoms. The molecule has 0 unspecified atom stereocenters. The summed E-state index contributed by atoms with van der Waals surface area (Å²) in [6, 6.07) is 11.7. The van der Waals surface area contributed by atoms with E-state index < -0.39 is 0 Å². The van der Waals surface area contributed by atoms with E-state index in [2.05, 4.69) is 27.9 Å². The summed E-state index contributed by atoms with van der Waals surface area (Å²) in [6.07, 6.45) is 0. The van der Waals surface area contributed by atoms with Crippen LogP contribution < -0.4 is 10.1 Å². The molecular weight excluding hydrogens is 377 g/mol. The van der Waals surface area contributed by atoms with Gasteiger partial charge in [-0.15, -0.1) is 0 Å². The third kappa shape index (κ3) is 4.46. The fraction of sp³-hybridized carbons (Fsp3) is 0.235. The number of carbonyl (C=O) groups is 1. The molecule has 0 aliphatic carbocycles. The Balaban J connectivity index is 1.94. The van der Waals surface area contributed by atoms with Crippen molar-refractivity contribution in [3.8, 4) is 5.75 Å². The van der Waals surface area contributed by atoms with E-state index in [1.165, 1.54) is 5.56 Å². The summed E-state index contributed by atoms with van der Waals surface area (Å²) < 4.78 is 6.67. The number of hydrogen-bond donors (Lipinski definition) is 1. The topological polar surface area (TPSA) is 38.3 Å². The Hall–Kier alpha value is -1.56. The number of nitrogens with one attached hydrogen (secondary N) is 1. The van der Waals surface area contributed by atoms with E-state index in [9.17, 15) is 4.79 Å². The molecule has 0 aromatic heterocycles. The lowest BCUT2D eigenvalue weighted by molar-refractivity contribution is -0.118. The average molecular weight is 395 g/mol. The minimum Gasteiger partial charge on any atom is -0.484 e. The lowest BCUT2D eigenvalue weighted by Gasteiger charge is -2.10. The van der Waals surface area contributed by atoms with Crippen LogP contribution in [0.15, 0.2) is 36.4 Å². The Kier molecular flexibility index (Phi) is 5.22. The smallest absolute Gasteiger partial charge is 0.262 e. The minimum atomic E-state index is -0.155. The Labute approximate surface area is 138 Å². The Bertz CT molecular complexity index is 668. The predicted molar refractivity (Wildman–Crippen MR) is 93.9 cm³/mol. The van der Waals surface area contributed by atoms with E-state index in [4.69, 9.17) is 4.74 Å². The van der Waals surface area contributed by atoms with Gasteiger partial charge in [-0.25, -0.2) is 0 Å². The Morgan fingerprint density at radius 1 is 1.05 bits per heavy atom. The molecule has 2 aromatic rings. The zero-order valence-corrected chi connectivity index (χ0v) is 14.5. The molecule has 0 spiro atoms. The third-order valence-electron chi connectivity index (χ3n) is 3.31. The van der Waals surface area contributed by atoms with E-state index in [1.54, 1.807) is 0 Å². The van der Waals surface area contributed by atoms with Crippen molar-refractivity contribution in [1.29, 1.82) is 0 Å². The van der Waals surface area contributed by atoms with Crippen molar-refractivity contribution in [3.63, 3.8) is 0 Å². The van der Waals surface area contributed by atoms with E-state index in [0.717, 1.165) is 20.4 Å². The number of ether oxygens (including phenoxy) is 1. The van der Waals surface area contributed by atoms with Gasteiger partial charge in [-0.3, -0.25) is 4.79 Å². The lowest BCUT2D eigenvalue weighted by atomic mass is 10.1. The van der Waals surface area contributed by atoms with Crippen molar-refractivity contribution >= 4 is 34.2 Å². The molecule has 0 radical (unpaired) electrons. The summed E-state index contributed by atoms with van der Waals surface area (Å²) in [5.74, 6) is 0.560. The van der Waals surface area contributed by atoms with Gasteiger partial charge in [0, 0.05) is 9.26 Å². The molecule has 21 heavy (non-hydrogen) atoms. The molecule has 0 saturated heterocycles. The first kappa shape index (κ1) is 15.8. The first-order chi connectivity index (χ1) is 9.95. The van der Waals surface area contributed by atoms with Crippen molar-refractivity contribution in [2.75, 3.05) is 11.9 Å². The second-order valence-corrected chi connectivity index (χ2v) is 6.29. The van der Waals surface area contributed by atoms with Gasteiger partial charge in [-0.2, -0.15) is 0 Å². The van der Waals surface area contributed by atoms with E-state index in [0.29, 0.717) is 5.75 Å². The summed E-state index contributed by atoms with van der Waals surface area (Å²) in [7, 11) is 0.